The summed E-state index contributed by atoms with van der Waals surface area (Å²) in [6.45, 7) is 1.63. The maximum atomic E-state index is 13.1. The average molecular weight is 252 g/mol. The molecule has 1 atom stereocenters. The molecule has 0 spiro atoms. The number of aryl methyl sites for hydroxylation is 1. The molecular weight excluding hydrogens is 239 g/mol. The lowest BCUT2D eigenvalue weighted by Gasteiger charge is -2.10. The van der Waals surface area contributed by atoms with Gasteiger partial charge < -0.3 is 5.11 Å². The first-order valence-electron chi connectivity index (χ1n) is 5.20. The van der Waals surface area contributed by atoms with Gasteiger partial charge in [0.1, 0.15) is 5.82 Å². The zero-order valence-electron chi connectivity index (χ0n) is 9.59. The van der Waals surface area contributed by atoms with Gasteiger partial charge in [0.2, 0.25) is 0 Å². The highest BCUT2D eigenvalue weighted by Crippen LogP contribution is 2.33. The van der Waals surface area contributed by atoms with E-state index in [1.165, 1.54) is 23.9 Å². The van der Waals surface area contributed by atoms with Crippen LogP contribution in [-0.4, -0.2) is 14.9 Å². The van der Waals surface area contributed by atoms with Gasteiger partial charge in [0.25, 0.3) is 0 Å². The summed E-state index contributed by atoms with van der Waals surface area (Å²) in [5.74, 6) is -0.337. The van der Waals surface area contributed by atoms with Crippen molar-refractivity contribution in [1.29, 1.82) is 0 Å². The summed E-state index contributed by atoms with van der Waals surface area (Å²) in [6.07, 6.45) is 2.92. The Bertz CT molecular complexity index is 525. The van der Waals surface area contributed by atoms with Crippen LogP contribution >= 0.6 is 11.8 Å². The predicted octanol–water partition coefficient (Wildman–Crippen LogP) is 2.76. The van der Waals surface area contributed by atoms with Gasteiger partial charge in [0.05, 0.1) is 17.2 Å². The maximum absolute atomic E-state index is 13.1. The molecule has 5 heteroatoms. The average Bonchev–Trinajstić information content (AvgIpc) is 2.66. The smallest absolute Gasteiger partial charge is 0.123 e. The minimum atomic E-state index is -0.690. The van der Waals surface area contributed by atoms with Crippen molar-refractivity contribution in [2.75, 3.05) is 0 Å². The van der Waals surface area contributed by atoms with Crippen molar-refractivity contribution in [3.05, 3.63) is 42.0 Å². The number of benzene rings is 1. The number of aliphatic hydroxyl groups is 1. The van der Waals surface area contributed by atoms with Crippen LogP contribution in [0.2, 0.25) is 0 Å². The van der Waals surface area contributed by atoms with Crippen LogP contribution < -0.4 is 0 Å². The molecule has 1 aromatic heterocycles. The summed E-state index contributed by atoms with van der Waals surface area (Å²) in [7, 11) is 1.84. The minimum absolute atomic E-state index is 0.337. The van der Waals surface area contributed by atoms with E-state index in [-0.39, 0.29) is 5.82 Å². The largest absolute Gasteiger partial charge is 0.389 e. The van der Waals surface area contributed by atoms with E-state index in [4.69, 9.17) is 0 Å². The number of aliphatic hydroxyl groups excluding tert-OH is 1. The van der Waals surface area contributed by atoms with Crippen molar-refractivity contribution in [1.82, 2.24) is 9.78 Å². The van der Waals surface area contributed by atoms with E-state index in [2.05, 4.69) is 5.10 Å². The topological polar surface area (TPSA) is 38.1 Å². The van der Waals surface area contributed by atoms with Crippen molar-refractivity contribution in [2.45, 2.75) is 22.8 Å². The zero-order valence-corrected chi connectivity index (χ0v) is 10.4. The first-order chi connectivity index (χ1) is 8.06. The van der Waals surface area contributed by atoms with Crippen molar-refractivity contribution >= 4 is 11.8 Å². The van der Waals surface area contributed by atoms with Crippen molar-refractivity contribution < 1.29 is 9.50 Å². The molecular formula is C12H13FN2OS. The second-order valence-electron chi connectivity index (χ2n) is 3.81. The molecule has 0 aliphatic carbocycles. The van der Waals surface area contributed by atoms with Crippen LogP contribution in [0.1, 0.15) is 18.6 Å². The summed E-state index contributed by atoms with van der Waals surface area (Å²) in [4.78, 5) is 1.80. The molecule has 0 fully saturated rings. The molecule has 1 N–H and O–H groups in total. The molecule has 0 amide bonds. The van der Waals surface area contributed by atoms with E-state index in [1.54, 1.807) is 23.9 Å². The highest BCUT2D eigenvalue weighted by atomic mass is 32.2. The molecule has 90 valence electrons. The third-order valence-corrected chi connectivity index (χ3v) is 3.37. The summed E-state index contributed by atoms with van der Waals surface area (Å²) < 4.78 is 14.8. The van der Waals surface area contributed by atoms with Crippen molar-refractivity contribution in [3.8, 4) is 0 Å². The van der Waals surface area contributed by atoms with E-state index >= 15 is 0 Å². The molecule has 0 unspecified atom stereocenters. The van der Waals surface area contributed by atoms with Crippen LogP contribution in [0, 0.1) is 5.82 Å². The molecule has 0 radical (unpaired) electrons. The molecule has 0 saturated carbocycles. The Morgan fingerprint density at radius 3 is 2.82 bits per heavy atom. The summed E-state index contributed by atoms with van der Waals surface area (Å²) in [6, 6.07) is 4.43. The van der Waals surface area contributed by atoms with Gasteiger partial charge >= 0.3 is 0 Å². The molecule has 0 aliphatic rings. The van der Waals surface area contributed by atoms with Crippen molar-refractivity contribution in [2.24, 2.45) is 7.05 Å². The Hall–Kier alpha value is -1.33. The predicted molar refractivity (Wildman–Crippen MR) is 64.4 cm³/mol. The number of hydrogen-bond acceptors (Lipinski definition) is 3. The van der Waals surface area contributed by atoms with Gasteiger partial charge in [-0.25, -0.2) is 4.39 Å². The van der Waals surface area contributed by atoms with Crippen LogP contribution in [-0.2, 0) is 7.05 Å². The van der Waals surface area contributed by atoms with E-state index in [0.29, 0.717) is 5.56 Å². The standard InChI is InChI=1S/C12H13FN2OS/c1-8(16)11-5-9(13)3-4-12(11)17-10-6-14-15(2)7-10/h3-8,16H,1-2H3/t8-/m0/s1. The molecule has 17 heavy (non-hydrogen) atoms. The Kier molecular flexibility index (Phi) is 3.49. The van der Waals surface area contributed by atoms with Gasteiger partial charge in [-0.05, 0) is 30.7 Å². The zero-order chi connectivity index (χ0) is 12.4. The van der Waals surface area contributed by atoms with Crippen LogP contribution in [0.4, 0.5) is 4.39 Å². The first-order valence-corrected chi connectivity index (χ1v) is 6.02. The Morgan fingerprint density at radius 2 is 2.24 bits per heavy atom. The van der Waals surface area contributed by atoms with Gasteiger partial charge in [-0.3, -0.25) is 4.68 Å². The fourth-order valence-electron chi connectivity index (χ4n) is 1.52. The SMILES string of the molecule is C[C@H](O)c1cc(F)ccc1Sc1cnn(C)c1. The Balaban J connectivity index is 2.32. The normalized spacial score (nSPS) is 12.7. The van der Waals surface area contributed by atoms with Crippen LogP contribution in [0.25, 0.3) is 0 Å². The van der Waals surface area contributed by atoms with E-state index in [9.17, 15) is 9.50 Å². The quantitative estimate of drug-likeness (QED) is 0.912. The number of hydrogen-bond donors (Lipinski definition) is 1. The second-order valence-corrected chi connectivity index (χ2v) is 4.93. The number of nitrogens with zero attached hydrogens (tertiary/aromatic N) is 2. The van der Waals surface area contributed by atoms with Gasteiger partial charge in [-0.15, -0.1) is 0 Å². The van der Waals surface area contributed by atoms with Gasteiger partial charge in [-0.2, -0.15) is 5.10 Å². The molecule has 0 bridgehead atoms. The van der Waals surface area contributed by atoms with E-state index in [1.807, 2.05) is 13.2 Å². The number of halogens is 1. The van der Waals surface area contributed by atoms with E-state index in [0.717, 1.165) is 9.79 Å². The van der Waals surface area contributed by atoms with E-state index < -0.39 is 6.10 Å². The second kappa shape index (κ2) is 4.89. The van der Waals surface area contributed by atoms with Gasteiger partial charge in [0, 0.05) is 18.1 Å². The minimum Gasteiger partial charge on any atom is -0.389 e. The number of aromatic nitrogens is 2. The lowest BCUT2D eigenvalue weighted by molar-refractivity contribution is 0.196. The molecule has 1 heterocycles. The molecule has 0 aliphatic heterocycles. The lowest BCUT2D eigenvalue weighted by Crippen LogP contribution is -1.95. The lowest BCUT2D eigenvalue weighted by atomic mass is 10.1. The van der Waals surface area contributed by atoms with Crippen LogP contribution in [0.15, 0.2) is 40.4 Å². The Labute approximate surface area is 103 Å². The maximum Gasteiger partial charge on any atom is 0.123 e. The molecule has 3 nitrogen and oxygen atoms in total. The summed E-state index contributed by atoms with van der Waals surface area (Å²) >= 11 is 1.46. The Morgan fingerprint density at radius 1 is 1.47 bits per heavy atom. The van der Waals surface area contributed by atoms with Gasteiger partial charge in [0.15, 0.2) is 0 Å². The molecule has 2 aromatic rings. The number of rotatable bonds is 3. The third kappa shape index (κ3) is 2.87. The fourth-order valence-corrected chi connectivity index (χ4v) is 2.56. The van der Waals surface area contributed by atoms with Crippen LogP contribution in [0.5, 0.6) is 0 Å². The molecule has 1 aromatic carbocycles. The fraction of sp³-hybridized carbons (Fsp3) is 0.250. The third-order valence-electron chi connectivity index (χ3n) is 2.33. The summed E-state index contributed by atoms with van der Waals surface area (Å²) in [5, 5.41) is 13.7. The molecule has 0 saturated heterocycles. The molecule has 2 rings (SSSR count). The highest BCUT2D eigenvalue weighted by molar-refractivity contribution is 7.99. The highest BCUT2D eigenvalue weighted by Gasteiger charge is 2.11. The van der Waals surface area contributed by atoms with Crippen LogP contribution in [0.3, 0.4) is 0 Å². The summed E-state index contributed by atoms with van der Waals surface area (Å²) in [5.41, 5.74) is 0.596. The monoisotopic (exact) mass is 252 g/mol. The van der Waals surface area contributed by atoms with Gasteiger partial charge in [-0.1, -0.05) is 11.8 Å². The first kappa shape index (κ1) is 12.1. The van der Waals surface area contributed by atoms with Crippen molar-refractivity contribution in [3.63, 3.8) is 0 Å².